The van der Waals surface area contributed by atoms with E-state index in [9.17, 15) is 19.2 Å². The molecule has 164 valence electrons. The fourth-order valence-corrected chi connectivity index (χ4v) is 4.94. The van der Waals surface area contributed by atoms with Gasteiger partial charge in [0.1, 0.15) is 11.2 Å². The Morgan fingerprint density at radius 2 is 1.90 bits per heavy atom. The van der Waals surface area contributed by atoms with Crippen LogP contribution >= 0.6 is 11.3 Å². The van der Waals surface area contributed by atoms with Gasteiger partial charge in [0.15, 0.2) is 0 Å². The molecule has 1 aliphatic rings. The molecule has 0 unspecified atom stereocenters. The first kappa shape index (κ1) is 22.3. The third-order valence-electron chi connectivity index (χ3n) is 5.83. The van der Waals surface area contributed by atoms with Crippen LogP contribution in [0.5, 0.6) is 0 Å². The molecule has 2 heterocycles. The molecule has 2 amide bonds. The second kappa shape index (κ2) is 9.59. The highest BCUT2D eigenvalue weighted by molar-refractivity contribution is 7.17. The van der Waals surface area contributed by atoms with Crippen molar-refractivity contribution < 1.29 is 9.59 Å². The maximum atomic E-state index is 12.9. The molecule has 2 aromatic rings. The molecule has 1 fully saturated rings. The van der Waals surface area contributed by atoms with Crippen LogP contribution in [0.2, 0.25) is 0 Å². The number of nitrogens with zero attached hydrogens (tertiary/aromatic N) is 2. The Balaban J connectivity index is 1.69. The number of rotatable bonds is 8. The third kappa shape index (κ3) is 5.00. The van der Waals surface area contributed by atoms with Crippen LogP contribution in [0.15, 0.2) is 21.0 Å². The highest BCUT2D eigenvalue weighted by Gasteiger charge is 2.27. The number of nitrogens with two attached hydrogens (primary N) is 1. The maximum absolute atomic E-state index is 12.9. The summed E-state index contributed by atoms with van der Waals surface area (Å²) in [7, 11) is 0. The van der Waals surface area contributed by atoms with E-state index in [0.717, 1.165) is 32.1 Å². The van der Waals surface area contributed by atoms with Crippen molar-refractivity contribution in [2.75, 3.05) is 6.54 Å². The van der Waals surface area contributed by atoms with E-state index in [1.54, 1.807) is 11.4 Å². The molecule has 3 N–H and O–H groups in total. The summed E-state index contributed by atoms with van der Waals surface area (Å²) in [5, 5.41) is 4.75. The van der Waals surface area contributed by atoms with E-state index in [2.05, 4.69) is 19.2 Å². The van der Waals surface area contributed by atoms with Gasteiger partial charge in [-0.05, 0) is 55.4 Å². The first-order valence-corrected chi connectivity index (χ1v) is 11.4. The van der Waals surface area contributed by atoms with Gasteiger partial charge in [0.25, 0.3) is 5.56 Å². The van der Waals surface area contributed by atoms with E-state index in [-0.39, 0.29) is 29.8 Å². The molecule has 0 saturated heterocycles. The minimum Gasteiger partial charge on any atom is -0.368 e. The molecule has 0 bridgehead atoms. The smallest absolute Gasteiger partial charge is 0.332 e. The summed E-state index contributed by atoms with van der Waals surface area (Å²) < 4.78 is 2.97. The second-order valence-corrected chi connectivity index (χ2v) is 9.49. The van der Waals surface area contributed by atoms with Crippen molar-refractivity contribution in [3.05, 3.63) is 32.3 Å². The highest BCUT2D eigenvalue weighted by Crippen LogP contribution is 2.29. The number of aromatic nitrogens is 2. The molecular formula is C21H30N4O4S. The first-order valence-electron chi connectivity index (χ1n) is 10.5. The van der Waals surface area contributed by atoms with Gasteiger partial charge in [0.05, 0.1) is 5.52 Å². The molecule has 30 heavy (non-hydrogen) atoms. The molecule has 3 rings (SSSR count). The van der Waals surface area contributed by atoms with Crippen LogP contribution in [-0.4, -0.2) is 27.5 Å². The number of carbonyl (C=O) groups is 2. The molecule has 1 saturated carbocycles. The van der Waals surface area contributed by atoms with Crippen LogP contribution in [-0.2, 0) is 22.7 Å². The Labute approximate surface area is 179 Å². The molecule has 0 spiro atoms. The van der Waals surface area contributed by atoms with Crippen molar-refractivity contribution in [2.24, 2.45) is 23.5 Å². The number of thiophene rings is 1. The molecule has 0 radical (unpaired) electrons. The van der Waals surface area contributed by atoms with E-state index >= 15 is 0 Å². The predicted molar refractivity (Wildman–Crippen MR) is 117 cm³/mol. The van der Waals surface area contributed by atoms with E-state index in [0.29, 0.717) is 29.2 Å². The van der Waals surface area contributed by atoms with Crippen LogP contribution < -0.4 is 22.3 Å². The Hall–Kier alpha value is -2.42. The summed E-state index contributed by atoms with van der Waals surface area (Å²) in [6.07, 6.45) is 4.04. The summed E-state index contributed by atoms with van der Waals surface area (Å²) in [5.74, 6) is 0.179. The zero-order chi connectivity index (χ0) is 21.8. The molecule has 9 heteroatoms. The topological polar surface area (TPSA) is 116 Å². The van der Waals surface area contributed by atoms with Crippen molar-refractivity contribution in [3.8, 4) is 0 Å². The third-order valence-corrected chi connectivity index (χ3v) is 6.72. The molecule has 1 aliphatic carbocycles. The molecule has 0 aromatic carbocycles. The van der Waals surface area contributed by atoms with Gasteiger partial charge in [-0.25, -0.2) is 4.79 Å². The normalized spacial score (nSPS) is 19.3. The van der Waals surface area contributed by atoms with Crippen molar-refractivity contribution in [1.82, 2.24) is 14.5 Å². The van der Waals surface area contributed by atoms with Crippen molar-refractivity contribution >= 4 is 33.4 Å². The van der Waals surface area contributed by atoms with Crippen molar-refractivity contribution in [3.63, 3.8) is 0 Å². The van der Waals surface area contributed by atoms with E-state index in [4.69, 9.17) is 5.73 Å². The minimum absolute atomic E-state index is 0.00331. The Morgan fingerprint density at radius 3 is 2.53 bits per heavy atom. The fourth-order valence-electron chi connectivity index (χ4n) is 4.10. The van der Waals surface area contributed by atoms with Gasteiger partial charge in [-0.15, -0.1) is 11.3 Å². The lowest BCUT2D eigenvalue weighted by molar-refractivity contribution is -0.126. The van der Waals surface area contributed by atoms with Crippen LogP contribution in [0.4, 0.5) is 0 Å². The predicted octanol–water partition coefficient (Wildman–Crippen LogP) is 1.68. The SMILES string of the molecule is CC(C)CCNC(=O)C1CCC(Cn2c(=O)c3sccc3n(CC(N)=O)c2=O)CC1. The average Bonchev–Trinajstić information content (AvgIpc) is 3.18. The van der Waals surface area contributed by atoms with Gasteiger partial charge < -0.3 is 11.1 Å². The van der Waals surface area contributed by atoms with E-state index in [1.165, 1.54) is 20.5 Å². The summed E-state index contributed by atoms with van der Waals surface area (Å²) in [6.45, 7) is 5.00. The number of amides is 2. The number of hydrogen-bond acceptors (Lipinski definition) is 5. The largest absolute Gasteiger partial charge is 0.368 e. The lowest BCUT2D eigenvalue weighted by atomic mass is 9.81. The van der Waals surface area contributed by atoms with Gasteiger partial charge in [-0.2, -0.15) is 0 Å². The fraction of sp³-hybridized carbons (Fsp3) is 0.619. The summed E-state index contributed by atoms with van der Waals surface area (Å²) in [5.41, 5.74) is 4.93. The molecular weight excluding hydrogens is 404 g/mol. The number of nitrogens with one attached hydrogen (secondary N) is 1. The number of fused-ring (bicyclic) bond motifs is 1. The molecule has 8 nitrogen and oxygen atoms in total. The average molecular weight is 435 g/mol. The van der Waals surface area contributed by atoms with Crippen molar-refractivity contribution in [1.29, 1.82) is 0 Å². The van der Waals surface area contributed by atoms with Crippen LogP contribution in [0.1, 0.15) is 46.0 Å². The van der Waals surface area contributed by atoms with Gasteiger partial charge >= 0.3 is 5.69 Å². The van der Waals surface area contributed by atoms with Gasteiger partial charge in [-0.3, -0.25) is 23.5 Å². The zero-order valence-electron chi connectivity index (χ0n) is 17.6. The Morgan fingerprint density at radius 1 is 1.20 bits per heavy atom. The molecule has 0 aliphatic heterocycles. The van der Waals surface area contributed by atoms with Crippen LogP contribution in [0.3, 0.4) is 0 Å². The summed E-state index contributed by atoms with van der Waals surface area (Å²) in [6, 6.07) is 1.67. The lowest BCUT2D eigenvalue weighted by Gasteiger charge is -2.28. The zero-order valence-corrected chi connectivity index (χ0v) is 18.4. The van der Waals surface area contributed by atoms with E-state index in [1.807, 2.05) is 0 Å². The van der Waals surface area contributed by atoms with Crippen LogP contribution in [0, 0.1) is 17.8 Å². The van der Waals surface area contributed by atoms with Crippen LogP contribution in [0.25, 0.3) is 10.2 Å². The monoisotopic (exact) mass is 434 g/mol. The standard InChI is InChI=1S/C21H30N4O4S/c1-13(2)7-9-23-19(27)15-5-3-14(4-6-15)11-25-20(28)18-16(8-10-30-18)24(21(25)29)12-17(22)26/h8,10,13-15H,3-7,9,11-12H2,1-2H3,(H2,22,26)(H,23,27). The highest BCUT2D eigenvalue weighted by atomic mass is 32.1. The number of carbonyl (C=O) groups excluding carboxylic acids is 2. The van der Waals surface area contributed by atoms with Gasteiger partial charge in [0.2, 0.25) is 11.8 Å². The van der Waals surface area contributed by atoms with Gasteiger partial charge in [-0.1, -0.05) is 13.8 Å². The first-order chi connectivity index (χ1) is 14.3. The number of primary amides is 1. The Bertz CT molecular complexity index is 1030. The number of hydrogen-bond donors (Lipinski definition) is 2. The lowest BCUT2D eigenvalue weighted by Crippen LogP contribution is -2.43. The summed E-state index contributed by atoms with van der Waals surface area (Å²) in [4.78, 5) is 49.5. The summed E-state index contributed by atoms with van der Waals surface area (Å²) >= 11 is 1.26. The minimum atomic E-state index is -0.626. The van der Waals surface area contributed by atoms with Crippen molar-refractivity contribution in [2.45, 2.75) is 59.0 Å². The quantitative estimate of drug-likeness (QED) is 0.657. The Kier molecular flexibility index (Phi) is 7.12. The van der Waals surface area contributed by atoms with E-state index < -0.39 is 11.6 Å². The van der Waals surface area contributed by atoms with Gasteiger partial charge in [0, 0.05) is 19.0 Å². The molecule has 0 atom stereocenters. The molecule has 2 aromatic heterocycles. The second-order valence-electron chi connectivity index (χ2n) is 8.58. The maximum Gasteiger partial charge on any atom is 0.332 e.